The van der Waals surface area contributed by atoms with Crippen LogP contribution in [0.2, 0.25) is 0 Å². The monoisotopic (exact) mass is 287 g/mol. The van der Waals surface area contributed by atoms with Crippen LogP contribution in [0.4, 0.5) is 0 Å². The highest BCUT2D eigenvalue weighted by molar-refractivity contribution is 5.92. The Morgan fingerprint density at radius 3 is 2.62 bits per heavy atom. The maximum atomic E-state index is 12.6. The van der Waals surface area contributed by atoms with Crippen LogP contribution < -0.4 is 11.1 Å². The quantitative estimate of drug-likeness (QED) is 0.859. The first-order valence-corrected chi connectivity index (χ1v) is 7.49. The summed E-state index contributed by atoms with van der Waals surface area (Å²) in [6.07, 6.45) is 0.908. The van der Waals surface area contributed by atoms with Crippen molar-refractivity contribution in [3.8, 4) is 0 Å². The summed E-state index contributed by atoms with van der Waals surface area (Å²) >= 11 is 0. The molecular weight excluding hydrogens is 266 g/mol. The Bertz CT molecular complexity index is 555. The number of amides is 2. The zero-order valence-electron chi connectivity index (χ0n) is 12.2. The summed E-state index contributed by atoms with van der Waals surface area (Å²) in [7, 11) is 0. The fourth-order valence-electron chi connectivity index (χ4n) is 3.11. The Morgan fingerprint density at radius 2 is 2.00 bits per heavy atom. The van der Waals surface area contributed by atoms with E-state index in [1.807, 2.05) is 17.0 Å². The van der Waals surface area contributed by atoms with E-state index in [1.165, 1.54) is 0 Å². The van der Waals surface area contributed by atoms with Gasteiger partial charge in [0.05, 0.1) is 0 Å². The number of nitrogens with one attached hydrogen (secondary N) is 1. The molecule has 1 aliphatic heterocycles. The van der Waals surface area contributed by atoms with Gasteiger partial charge in [-0.05, 0) is 37.0 Å². The SMILES string of the molecule is C[C@@H]1CNCCN1C(=O)[C@@H]1C[C@@H]1c1ccc(C(N)=O)cc1. The summed E-state index contributed by atoms with van der Waals surface area (Å²) in [5.41, 5.74) is 6.88. The predicted molar refractivity (Wildman–Crippen MR) is 79.9 cm³/mol. The molecule has 21 heavy (non-hydrogen) atoms. The topological polar surface area (TPSA) is 75.4 Å². The molecule has 1 saturated heterocycles. The van der Waals surface area contributed by atoms with Crippen LogP contribution in [-0.4, -0.2) is 42.4 Å². The first kappa shape index (κ1) is 14.1. The molecule has 0 radical (unpaired) electrons. The number of nitrogens with two attached hydrogens (primary N) is 1. The molecular formula is C16H21N3O2. The molecule has 1 saturated carbocycles. The third-order valence-electron chi connectivity index (χ3n) is 4.52. The number of benzene rings is 1. The van der Waals surface area contributed by atoms with Crippen molar-refractivity contribution in [1.29, 1.82) is 0 Å². The molecule has 112 valence electrons. The Labute approximate surface area is 124 Å². The lowest BCUT2D eigenvalue weighted by Crippen LogP contribution is -2.52. The molecule has 1 aromatic carbocycles. The van der Waals surface area contributed by atoms with Crippen LogP contribution in [-0.2, 0) is 4.79 Å². The average Bonchev–Trinajstić information content (AvgIpc) is 3.27. The van der Waals surface area contributed by atoms with Crippen molar-refractivity contribution in [2.24, 2.45) is 11.7 Å². The zero-order chi connectivity index (χ0) is 15.0. The molecule has 3 N–H and O–H groups in total. The molecule has 0 aromatic heterocycles. The van der Waals surface area contributed by atoms with Crippen molar-refractivity contribution in [3.05, 3.63) is 35.4 Å². The number of nitrogens with zero attached hydrogens (tertiary/aromatic N) is 1. The van der Waals surface area contributed by atoms with Crippen molar-refractivity contribution >= 4 is 11.8 Å². The van der Waals surface area contributed by atoms with Gasteiger partial charge in [-0.3, -0.25) is 9.59 Å². The van der Waals surface area contributed by atoms with Crippen LogP contribution in [0, 0.1) is 5.92 Å². The molecule has 0 unspecified atom stereocenters. The van der Waals surface area contributed by atoms with Gasteiger partial charge in [0.15, 0.2) is 0 Å². The smallest absolute Gasteiger partial charge is 0.248 e. The van der Waals surface area contributed by atoms with Gasteiger partial charge in [0.25, 0.3) is 0 Å². The molecule has 2 amide bonds. The summed E-state index contributed by atoms with van der Waals surface area (Å²) in [4.78, 5) is 25.6. The Balaban J connectivity index is 1.65. The van der Waals surface area contributed by atoms with Crippen LogP contribution in [0.25, 0.3) is 0 Å². The minimum atomic E-state index is -0.417. The normalized spacial score (nSPS) is 28.2. The molecule has 1 aromatic rings. The lowest BCUT2D eigenvalue weighted by Gasteiger charge is -2.34. The summed E-state index contributed by atoms with van der Waals surface area (Å²) in [6.45, 7) is 4.63. The highest BCUT2D eigenvalue weighted by atomic mass is 16.2. The minimum Gasteiger partial charge on any atom is -0.366 e. The van der Waals surface area contributed by atoms with Crippen molar-refractivity contribution < 1.29 is 9.59 Å². The van der Waals surface area contributed by atoms with E-state index in [1.54, 1.807) is 12.1 Å². The summed E-state index contributed by atoms with van der Waals surface area (Å²) in [5.74, 6) is 0.249. The zero-order valence-corrected chi connectivity index (χ0v) is 12.2. The number of hydrogen-bond acceptors (Lipinski definition) is 3. The molecule has 1 heterocycles. The lowest BCUT2D eigenvalue weighted by atomic mass is 10.1. The predicted octanol–water partition coefficient (Wildman–Crippen LogP) is 0.709. The van der Waals surface area contributed by atoms with Gasteiger partial charge in [-0.2, -0.15) is 0 Å². The third kappa shape index (κ3) is 2.78. The fraction of sp³-hybridized carbons (Fsp3) is 0.500. The highest BCUT2D eigenvalue weighted by Gasteiger charge is 2.46. The van der Waals surface area contributed by atoms with E-state index < -0.39 is 5.91 Å². The summed E-state index contributed by atoms with van der Waals surface area (Å²) in [6, 6.07) is 7.58. The second-order valence-corrected chi connectivity index (χ2v) is 6.02. The van der Waals surface area contributed by atoms with Crippen LogP contribution in [0.15, 0.2) is 24.3 Å². The van der Waals surface area contributed by atoms with Gasteiger partial charge in [-0.1, -0.05) is 12.1 Å². The number of carbonyl (C=O) groups is 2. The molecule has 2 aliphatic rings. The maximum Gasteiger partial charge on any atom is 0.248 e. The molecule has 0 spiro atoms. The first-order chi connectivity index (χ1) is 10.1. The largest absolute Gasteiger partial charge is 0.366 e. The van der Waals surface area contributed by atoms with Gasteiger partial charge < -0.3 is 16.0 Å². The van der Waals surface area contributed by atoms with Gasteiger partial charge in [0.2, 0.25) is 11.8 Å². The van der Waals surface area contributed by atoms with Gasteiger partial charge in [0, 0.05) is 37.2 Å². The van der Waals surface area contributed by atoms with Crippen LogP contribution in [0.3, 0.4) is 0 Å². The molecule has 1 aliphatic carbocycles. The van der Waals surface area contributed by atoms with E-state index >= 15 is 0 Å². The second kappa shape index (κ2) is 5.48. The van der Waals surface area contributed by atoms with Crippen LogP contribution in [0.1, 0.15) is 35.2 Å². The standard InChI is InChI=1S/C16H21N3O2/c1-10-9-18-6-7-19(10)16(21)14-8-13(14)11-2-4-12(5-3-11)15(17)20/h2-5,10,13-14,18H,6-9H2,1H3,(H2,17,20)/t10-,13-,14-/m1/s1. The number of carbonyl (C=O) groups excluding carboxylic acids is 2. The maximum absolute atomic E-state index is 12.6. The number of hydrogen-bond donors (Lipinski definition) is 2. The summed E-state index contributed by atoms with van der Waals surface area (Å²) < 4.78 is 0. The van der Waals surface area contributed by atoms with Gasteiger partial charge in [-0.25, -0.2) is 0 Å². The molecule has 5 nitrogen and oxygen atoms in total. The number of piperazine rings is 1. The van der Waals surface area contributed by atoms with Crippen LogP contribution in [0.5, 0.6) is 0 Å². The first-order valence-electron chi connectivity index (χ1n) is 7.49. The van der Waals surface area contributed by atoms with Crippen molar-refractivity contribution in [2.75, 3.05) is 19.6 Å². The Kier molecular flexibility index (Phi) is 3.68. The Morgan fingerprint density at radius 1 is 1.29 bits per heavy atom. The highest BCUT2D eigenvalue weighted by Crippen LogP contribution is 2.48. The van der Waals surface area contributed by atoms with Crippen molar-refractivity contribution in [2.45, 2.75) is 25.3 Å². The molecule has 3 atom stereocenters. The van der Waals surface area contributed by atoms with Crippen LogP contribution >= 0.6 is 0 Å². The number of rotatable bonds is 3. The number of primary amides is 1. The average molecular weight is 287 g/mol. The van der Waals surface area contributed by atoms with E-state index in [0.717, 1.165) is 31.6 Å². The fourth-order valence-corrected chi connectivity index (χ4v) is 3.11. The van der Waals surface area contributed by atoms with Gasteiger partial charge >= 0.3 is 0 Å². The van der Waals surface area contributed by atoms with Crippen molar-refractivity contribution in [1.82, 2.24) is 10.2 Å². The molecule has 3 rings (SSSR count). The van der Waals surface area contributed by atoms with Gasteiger partial charge in [0.1, 0.15) is 0 Å². The van der Waals surface area contributed by atoms with E-state index in [9.17, 15) is 9.59 Å². The van der Waals surface area contributed by atoms with Gasteiger partial charge in [-0.15, -0.1) is 0 Å². The van der Waals surface area contributed by atoms with E-state index in [-0.39, 0.29) is 17.9 Å². The summed E-state index contributed by atoms with van der Waals surface area (Å²) in [5, 5.41) is 3.30. The Hall–Kier alpha value is -1.88. The molecule has 2 fully saturated rings. The van der Waals surface area contributed by atoms with E-state index in [4.69, 9.17) is 5.73 Å². The van der Waals surface area contributed by atoms with E-state index in [0.29, 0.717) is 11.5 Å². The minimum absolute atomic E-state index is 0.102. The molecule has 5 heteroatoms. The van der Waals surface area contributed by atoms with Crippen molar-refractivity contribution in [3.63, 3.8) is 0 Å². The lowest BCUT2D eigenvalue weighted by molar-refractivity contribution is -0.135. The van der Waals surface area contributed by atoms with E-state index in [2.05, 4.69) is 12.2 Å². The third-order valence-corrected chi connectivity index (χ3v) is 4.52. The molecule has 0 bridgehead atoms. The second-order valence-electron chi connectivity index (χ2n) is 6.02.